The van der Waals surface area contributed by atoms with Crippen molar-refractivity contribution in [3.63, 3.8) is 0 Å². The van der Waals surface area contributed by atoms with Crippen LogP contribution >= 0.6 is 23.2 Å². The first-order valence-corrected chi connectivity index (χ1v) is 18.1. The largest absolute Gasteiger partial charge is 0.396 e. The van der Waals surface area contributed by atoms with E-state index >= 15 is 8.78 Å². The summed E-state index contributed by atoms with van der Waals surface area (Å²) in [5.41, 5.74) is 4.64. The van der Waals surface area contributed by atoms with Crippen molar-refractivity contribution in [3.05, 3.63) is 86.4 Å². The second kappa shape index (κ2) is 12.8. The Kier molecular flexibility index (Phi) is 8.82. The second-order valence-corrected chi connectivity index (χ2v) is 15.1. The van der Waals surface area contributed by atoms with Crippen LogP contribution in [-0.2, 0) is 40.8 Å². The number of hydrogen-bond donors (Lipinski definition) is 3. The van der Waals surface area contributed by atoms with Crippen molar-refractivity contribution in [2.75, 3.05) is 16.7 Å². The van der Waals surface area contributed by atoms with Crippen molar-refractivity contribution in [2.45, 2.75) is 37.3 Å². The van der Waals surface area contributed by atoms with Crippen LogP contribution in [0.25, 0.3) is 22.0 Å². The van der Waals surface area contributed by atoms with Crippen LogP contribution in [0.1, 0.15) is 46.6 Å². The normalized spacial score (nSPS) is 17.6. The van der Waals surface area contributed by atoms with E-state index in [-0.39, 0.29) is 61.4 Å². The molecule has 3 heterocycles. The Morgan fingerprint density at radius 3 is 2.38 bits per heavy atom. The van der Waals surface area contributed by atoms with Gasteiger partial charge in [-0.3, -0.25) is 18.9 Å². The summed E-state index contributed by atoms with van der Waals surface area (Å²) in [5, 5.41) is 10.6. The van der Waals surface area contributed by atoms with E-state index in [1.807, 2.05) is 0 Å². The van der Waals surface area contributed by atoms with E-state index in [4.69, 9.17) is 28.9 Å². The number of amides is 1. The molecule has 0 fully saturated rings. The molecule has 53 heavy (non-hydrogen) atoms. The number of rotatable bonds is 10. The third kappa shape index (κ3) is 6.40. The summed E-state index contributed by atoms with van der Waals surface area (Å²) < 4.78 is 116. The standard InChI is InChI=1S/C33H24Cl2F6N8O3S/c1-48-28-16(4-6-20(34)25(28)32(46-48)47-53(2,51)52)18-11-21(42)30(35)44-26(18)22(9-13-7-14(36)10-15(37)8-13)43-23(50)12-49-29-24(27(45-49)31(38)39)17-3-5-19(17)33(29,40)41/h4,6-8,10-11,17,19,22,31H,9,12,42H2,1-2H3,(H,43,50)(H,46,47)/t17-,19+,22-/m0/s1. The number of carbonyl (C=O) groups excluding carboxylic acids is 1. The molecule has 0 spiro atoms. The van der Waals surface area contributed by atoms with Crippen molar-refractivity contribution in [1.29, 1.82) is 0 Å². The van der Waals surface area contributed by atoms with Crippen LogP contribution in [0.15, 0.2) is 36.4 Å². The Morgan fingerprint density at radius 1 is 1.06 bits per heavy atom. The fourth-order valence-corrected chi connectivity index (χ4v) is 7.65. The summed E-state index contributed by atoms with van der Waals surface area (Å²) >= 11 is 12.9. The number of alkyl halides is 4. The summed E-state index contributed by atoms with van der Waals surface area (Å²) in [4.78, 5) is 18.2. The van der Waals surface area contributed by atoms with E-state index in [0.717, 1.165) is 18.4 Å². The first kappa shape index (κ1) is 36.4. The molecule has 0 aliphatic heterocycles. The highest BCUT2D eigenvalue weighted by molar-refractivity contribution is 7.92. The van der Waals surface area contributed by atoms with E-state index in [1.165, 1.54) is 29.9 Å². The molecule has 5 aromatic rings. The lowest BCUT2D eigenvalue weighted by molar-refractivity contribution is -0.123. The first-order valence-electron chi connectivity index (χ1n) is 15.5. The maximum absolute atomic E-state index is 15.4. The molecule has 0 radical (unpaired) electrons. The van der Waals surface area contributed by atoms with Crippen LogP contribution in [0, 0.1) is 29.4 Å². The highest BCUT2D eigenvalue weighted by Gasteiger charge is 2.60. The molecule has 276 valence electrons. The van der Waals surface area contributed by atoms with Gasteiger partial charge < -0.3 is 11.1 Å². The van der Waals surface area contributed by atoms with Gasteiger partial charge in [0.05, 0.1) is 45.5 Å². The van der Waals surface area contributed by atoms with Gasteiger partial charge >= 0.3 is 5.92 Å². The third-order valence-corrected chi connectivity index (χ3v) is 10.0. The molecular formula is C33H24Cl2F6N8O3S. The average Bonchev–Trinajstić information content (AvgIpc) is 3.58. The number of aromatic nitrogens is 5. The summed E-state index contributed by atoms with van der Waals surface area (Å²) in [6, 6.07) is 5.64. The molecule has 3 aromatic heterocycles. The number of fused-ring (bicyclic) bond motifs is 4. The van der Waals surface area contributed by atoms with Gasteiger partial charge in [-0.05, 0) is 36.2 Å². The molecule has 4 N–H and O–H groups in total. The van der Waals surface area contributed by atoms with Gasteiger partial charge in [-0.15, -0.1) is 0 Å². The quantitative estimate of drug-likeness (QED) is 0.0862. The molecule has 0 saturated carbocycles. The molecule has 2 aliphatic carbocycles. The lowest BCUT2D eigenvalue weighted by atomic mass is 9.84. The van der Waals surface area contributed by atoms with Crippen molar-refractivity contribution < 1.29 is 39.6 Å². The number of nitrogens with one attached hydrogen (secondary N) is 2. The van der Waals surface area contributed by atoms with Gasteiger partial charge in [0.15, 0.2) is 11.0 Å². The zero-order valence-electron chi connectivity index (χ0n) is 27.2. The van der Waals surface area contributed by atoms with Crippen molar-refractivity contribution >= 4 is 61.5 Å². The number of pyridine rings is 1. The summed E-state index contributed by atoms with van der Waals surface area (Å²) in [6.45, 7) is -0.969. The van der Waals surface area contributed by atoms with Crippen LogP contribution in [0.5, 0.6) is 0 Å². The van der Waals surface area contributed by atoms with Crippen LogP contribution in [0.2, 0.25) is 10.2 Å². The number of benzene rings is 2. The van der Waals surface area contributed by atoms with Gasteiger partial charge in [0.1, 0.15) is 35.5 Å². The monoisotopic (exact) mass is 796 g/mol. The zero-order chi connectivity index (χ0) is 38.3. The highest BCUT2D eigenvalue weighted by atomic mass is 35.5. The minimum absolute atomic E-state index is 0.0233. The average molecular weight is 798 g/mol. The van der Waals surface area contributed by atoms with E-state index in [0.29, 0.717) is 10.7 Å². The number of anilines is 2. The smallest absolute Gasteiger partial charge is 0.304 e. The molecule has 11 nitrogen and oxygen atoms in total. The number of aryl methyl sites for hydroxylation is 1. The van der Waals surface area contributed by atoms with E-state index in [2.05, 4.69) is 37.1 Å². The Balaban J connectivity index is 1.35. The number of carbonyl (C=O) groups is 1. The number of nitrogens with zero attached hydrogens (tertiary/aromatic N) is 5. The summed E-state index contributed by atoms with van der Waals surface area (Å²) in [5.74, 6) is -4.63. The van der Waals surface area contributed by atoms with Gasteiger partial charge in [-0.2, -0.15) is 19.0 Å². The topological polar surface area (TPSA) is 150 Å². The minimum Gasteiger partial charge on any atom is -0.396 e. The van der Waals surface area contributed by atoms with Crippen molar-refractivity contribution in [1.82, 2.24) is 29.9 Å². The number of sulfonamides is 1. The Labute approximate surface area is 306 Å². The van der Waals surface area contributed by atoms with Crippen LogP contribution in [0.3, 0.4) is 0 Å². The molecule has 7 rings (SSSR count). The molecule has 20 heteroatoms. The number of nitrogen functional groups attached to an aromatic ring is 1. The molecule has 2 aromatic carbocycles. The highest BCUT2D eigenvalue weighted by Crippen LogP contribution is 2.57. The molecule has 0 unspecified atom stereocenters. The maximum atomic E-state index is 15.4. The van der Waals surface area contributed by atoms with Crippen molar-refractivity contribution in [3.8, 4) is 23.0 Å². The molecular weight excluding hydrogens is 773 g/mol. The SMILES string of the molecule is Cn1nc(NS(C)(=O)=O)c2c(Cl)ccc(-c3cc(N)c(Cl)nc3[C@H](Cc3cc(F)cc(F)c3)NC(=O)Cn3nc(C(F)F)c4c3C(F)(F)[C@@H]3C#C[C@H]43)c21. The van der Waals surface area contributed by atoms with Crippen molar-refractivity contribution in [2.24, 2.45) is 13.0 Å². The van der Waals surface area contributed by atoms with E-state index in [1.54, 1.807) is 0 Å². The lowest BCUT2D eigenvalue weighted by Crippen LogP contribution is -2.35. The Bertz CT molecular complexity index is 2530. The molecule has 0 bridgehead atoms. The van der Waals surface area contributed by atoms with E-state index in [9.17, 15) is 30.8 Å². The summed E-state index contributed by atoms with van der Waals surface area (Å²) in [6.07, 6.45) is -2.68. The third-order valence-electron chi connectivity index (χ3n) is 8.83. The predicted octanol–water partition coefficient (Wildman–Crippen LogP) is 6.23. The van der Waals surface area contributed by atoms with Crippen LogP contribution < -0.4 is 15.8 Å². The fourth-order valence-electron chi connectivity index (χ4n) is 6.76. The van der Waals surface area contributed by atoms with Crippen LogP contribution in [0.4, 0.5) is 37.8 Å². The first-order chi connectivity index (χ1) is 24.8. The zero-order valence-corrected chi connectivity index (χ0v) is 29.5. The van der Waals surface area contributed by atoms with Crippen LogP contribution in [-0.4, -0.2) is 45.1 Å². The molecule has 0 saturated heterocycles. The Hall–Kier alpha value is -4.99. The fraction of sp³-hybridized carbons (Fsp3) is 0.273. The lowest BCUT2D eigenvalue weighted by Gasteiger charge is -2.24. The van der Waals surface area contributed by atoms with Gasteiger partial charge in [0.25, 0.3) is 6.43 Å². The molecule has 3 atom stereocenters. The van der Waals surface area contributed by atoms with Gasteiger partial charge in [0, 0.05) is 29.8 Å². The minimum atomic E-state index is -3.83. The predicted molar refractivity (Wildman–Crippen MR) is 183 cm³/mol. The maximum Gasteiger partial charge on any atom is 0.304 e. The summed E-state index contributed by atoms with van der Waals surface area (Å²) in [7, 11) is -2.33. The second-order valence-electron chi connectivity index (χ2n) is 12.5. The van der Waals surface area contributed by atoms with Gasteiger partial charge in [0.2, 0.25) is 15.9 Å². The Morgan fingerprint density at radius 2 is 1.75 bits per heavy atom. The number of nitrogens with two attached hydrogens (primary N) is 1. The van der Waals surface area contributed by atoms with Gasteiger partial charge in [-0.1, -0.05) is 41.1 Å². The number of halogens is 8. The molecule has 2 aliphatic rings. The van der Waals surface area contributed by atoms with Gasteiger partial charge in [-0.25, -0.2) is 31.0 Å². The molecule has 1 amide bonds. The number of hydrogen-bond acceptors (Lipinski definition) is 7. The van der Waals surface area contributed by atoms with E-state index < -0.39 is 81.3 Å².